The Hall–Kier alpha value is -3.91. The summed E-state index contributed by atoms with van der Waals surface area (Å²) in [5.74, 6) is 0. The third-order valence-electron chi connectivity index (χ3n) is 6.95. The number of nitrogens with zero attached hydrogens (tertiary/aromatic N) is 5. The number of aliphatic hydroxyl groups is 1. The van der Waals surface area contributed by atoms with E-state index in [4.69, 9.17) is 4.74 Å². The van der Waals surface area contributed by atoms with E-state index < -0.39 is 17.9 Å². The highest BCUT2D eigenvalue weighted by Gasteiger charge is 2.46. The highest BCUT2D eigenvalue weighted by Crippen LogP contribution is 2.44. The van der Waals surface area contributed by atoms with E-state index in [1.807, 2.05) is 22.8 Å². The molecule has 0 amide bonds. The van der Waals surface area contributed by atoms with E-state index in [2.05, 4.69) is 92.6 Å². The minimum absolute atomic E-state index is 0.0942. The van der Waals surface area contributed by atoms with Gasteiger partial charge in [0.25, 0.3) is 0 Å². The van der Waals surface area contributed by atoms with Gasteiger partial charge in [-0.25, -0.2) is 15.0 Å². The maximum Gasteiger partial charge on any atom is 0.165 e. The Labute approximate surface area is 209 Å². The number of rotatable bonds is 6. The Morgan fingerprint density at radius 2 is 1.39 bits per heavy atom. The molecule has 7 nitrogen and oxygen atoms in total. The highest BCUT2D eigenvalue weighted by molar-refractivity contribution is 5.69. The number of morpholine rings is 1. The van der Waals surface area contributed by atoms with Crippen molar-refractivity contribution < 1.29 is 9.84 Å². The summed E-state index contributed by atoms with van der Waals surface area (Å²) in [7, 11) is 0. The largest absolute Gasteiger partial charge is 0.394 e. The van der Waals surface area contributed by atoms with Crippen LogP contribution in [0.15, 0.2) is 110 Å². The lowest BCUT2D eigenvalue weighted by Gasteiger charge is -2.50. The maximum atomic E-state index is 10.3. The van der Waals surface area contributed by atoms with Crippen molar-refractivity contribution in [3.8, 4) is 0 Å². The standard InChI is InChI=1S/C29H27N5O2/c35-19-25-17-33(18-27(36-25)34-21-32-26-16-30-20-31-28(26)34)29(22-10-4-1-5-11-22,23-12-6-2-7-13-23)24-14-8-3-9-15-24/h1-16,20-21,25,27,35H,17-19H2/t25-,27+/m0/s1. The van der Waals surface area contributed by atoms with Crippen LogP contribution in [-0.2, 0) is 10.3 Å². The first kappa shape index (κ1) is 22.5. The van der Waals surface area contributed by atoms with Gasteiger partial charge in [0, 0.05) is 13.1 Å². The molecular weight excluding hydrogens is 450 g/mol. The average molecular weight is 478 g/mol. The summed E-state index contributed by atoms with van der Waals surface area (Å²) in [5, 5.41) is 10.3. The van der Waals surface area contributed by atoms with E-state index in [0.717, 1.165) is 16.7 Å². The Kier molecular flexibility index (Phi) is 6.03. The molecule has 1 aliphatic rings. The fraction of sp³-hybridized carbons (Fsp3) is 0.207. The second kappa shape index (κ2) is 9.62. The summed E-state index contributed by atoms with van der Waals surface area (Å²) in [5.41, 5.74) is 4.26. The second-order valence-corrected chi connectivity index (χ2v) is 8.99. The molecule has 1 N–H and O–H groups in total. The minimum Gasteiger partial charge on any atom is -0.394 e. The van der Waals surface area contributed by atoms with Crippen LogP contribution in [-0.4, -0.2) is 55.3 Å². The molecule has 5 aromatic rings. The molecule has 0 unspecified atom stereocenters. The van der Waals surface area contributed by atoms with Crippen LogP contribution in [0.5, 0.6) is 0 Å². The third-order valence-corrected chi connectivity index (χ3v) is 6.95. The van der Waals surface area contributed by atoms with E-state index in [1.54, 1.807) is 12.5 Å². The maximum absolute atomic E-state index is 10.3. The van der Waals surface area contributed by atoms with Gasteiger partial charge in [0.15, 0.2) is 5.65 Å². The predicted molar refractivity (Wildman–Crippen MR) is 137 cm³/mol. The van der Waals surface area contributed by atoms with Gasteiger partial charge in [0.1, 0.15) is 18.1 Å². The molecular formula is C29H27N5O2. The molecule has 0 aliphatic carbocycles. The molecule has 2 atom stereocenters. The van der Waals surface area contributed by atoms with Crippen molar-refractivity contribution in [3.05, 3.63) is 127 Å². The lowest BCUT2D eigenvalue weighted by atomic mass is 9.75. The van der Waals surface area contributed by atoms with Crippen molar-refractivity contribution in [2.75, 3.05) is 19.7 Å². The molecule has 0 radical (unpaired) electrons. The molecule has 6 rings (SSSR count). The SMILES string of the molecule is OC[C@@H]1CN(C(c2ccccc2)(c2ccccc2)c2ccccc2)C[C@H](n2cnc3cncnc32)O1. The van der Waals surface area contributed by atoms with E-state index in [-0.39, 0.29) is 6.61 Å². The Bertz CT molecular complexity index is 1330. The molecule has 1 fully saturated rings. The molecule has 2 aromatic heterocycles. The molecule has 1 aliphatic heterocycles. The predicted octanol–water partition coefficient (Wildman–Crippen LogP) is 4.01. The van der Waals surface area contributed by atoms with Crippen molar-refractivity contribution in [3.63, 3.8) is 0 Å². The van der Waals surface area contributed by atoms with Crippen LogP contribution in [0.4, 0.5) is 0 Å². The Balaban J connectivity index is 1.56. The van der Waals surface area contributed by atoms with Gasteiger partial charge in [-0.05, 0) is 16.7 Å². The molecule has 3 heterocycles. The van der Waals surface area contributed by atoms with Gasteiger partial charge in [0.05, 0.1) is 30.8 Å². The first-order valence-corrected chi connectivity index (χ1v) is 12.1. The van der Waals surface area contributed by atoms with Crippen LogP contribution in [0, 0.1) is 0 Å². The Morgan fingerprint density at radius 3 is 1.94 bits per heavy atom. The summed E-state index contributed by atoms with van der Waals surface area (Å²) in [4.78, 5) is 15.5. The summed E-state index contributed by atoms with van der Waals surface area (Å²) < 4.78 is 8.33. The third kappa shape index (κ3) is 3.78. The summed E-state index contributed by atoms with van der Waals surface area (Å²) in [6.45, 7) is 1.01. The fourth-order valence-corrected chi connectivity index (χ4v) is 5.43. The first-order chi connectivity index (χ1) is 17.8. The zero-order chi connectivity index (χ0) is 24.4. The van der Waals surface area contributed by atoms with E-state index >= 15 is 0 Å². The molecule has 1 saturated heterocycles. The summed E-state index contributed by atoms with van der Waals surface area (Å²) >= 11 is 0. The zero-order valence-corrected chi connectivity index (χ0v) is 19.8. The van der Waals surface area contributed by atoms with Gasteiger partial charge in [-0.1, -0.05) is 91.0 Å². The zero-order valence-electron chi connectivity index (χ0n) is 19.8. The number of benzene rings is 3. The van der Waals surface area contributed by atoms with Crippen LogP contribution >= 0.6 is 0 Å². The van der Waals surface area contributed by atoms with E-state index in [0.29, 0.717) is 24.3 Å². The first-order valence-electron chi connectivity index (χ1n) is 12.1. The molecule has 7 heteroatoms. The van der Waals surface area contributed by atoms with Crippen molar-refractivity contribution in [2.24, 2.45) is 0 Å². The van der Waals surface area contributed by atoms with Gasteiger partial charge in [-0.3, -0.25) is 9.47 Å². The lowest BCUT2D eigenvalue weighted by molar-refractivity contribution is -0.148. The van der Waals surface area contributed by atoms with Crippen LogP contribution in [0.25, 0.3) is 11.2 Å². The summed E-state index contributed by atoms with van der Waals surface area (Å²) in [6.07, 6.45) is 4.18. The second-order valence-electron chi connectivity index (χ2n) is 8.99. The molecule has 36 heavy (non-hydrogen) atoms. The minimum atomic E-state index is -0.607. The molecule has 0 saturated carbocycles. The van der Waals surface area contributed by atoms with Crippen LogP contribution in [0.3, 0.4) is 0 Å². The quantitative estimate of drug-likeness (QED) is 0.373. The lowest BCUT2D eigenvalue weighted by Crippen LogP contribution is -2.57. The van der Waals surface area contributed by atoms with Crippen LogP contribution in [0.2, 0.25) is 0 Å². The number of hydrogen-bond acceptors (Lipinski definition) is 6. The number of ether oxygens (including phenoxy) is 1. The number of aliphatic hydroxyl groups excluding tert-OH is 1. The van der Waals surface area contributed by atoms with E-state index in [1.165, 1.54) is 6.33 Å². The smallest absolute Gasteiger partial charge is 0.165 e. The van der Waals surface area contributed by atoms with Crippen molar-refractivity contribution in [2.45, 2.75) is 17.9 Å². The number of imidazole rings is 1. The van der Waals surface area contributed by atoms with Gasteiger partial charge >= 0.3 is 0 Å². The topological polar surface area (TPSA) is 76.3 Å². The average Bonchev–Trinajstić information content (AvgIpc) is 3.39. The van der Waals surface area contributed by atoms with Crippen molar-refractivity contribution in [1.82, 2.24) is 24.4 Å². The molecule has 0 spiro atoms. The Morgan fingerprint density at radius 1 is 0.806 bits per heavy atom. The van der Waals surface area contributed by atoms with Gasteiger partial charge < -0.3 is 9.84 Å². The molecule has 180 valence electrons. The van der Waals surface area contributed by atoms with Crippen molar-refractivity contribution in [1.29, 1.82) is 0 Å². The number of aromatic nitrogens is 4. The van der Waals surface area contributed by atoms with Gasteiger partial charge in [-0.2, -0.15) is 0 Å². The van der Waals surface area contributed by atoms with Gasteiger partial charge in [0.2, 0.25) is 0 Å². The monoisotopic (exact) mass is 477 g/mol. The van der Waals surface area contributed by atoms with Crippen LogP contribution in [0.1, 0.15) is 22.9 Å². The molecule has 0 bridgehead atoms. The van der Waals surface area contributed by atoms with Crippen molar-refractivity contribution >= 4 is 11.2 Å². The summed E-state index contributed by atoms with van der Waals surface area (Å²) in [6, 6.07) is 31.7. The van der Waals surface area contributed by atoms with E-state index in [9.17, 15) is 5.11 Å². The van der Waals surface area contributed by atoms with Crippen LogP contribution < -0.4 is 0 Å². The normalized spacial score (nSPS) is 18.9. The molecule has 3 aromatic carbocycles. The van der Waals surface area contributed by atoms with Gasteiger partial charge in [-0.15, -0.1) is 0 Å². The fourth-order valence-electron chi connectivity index (χ4n) is 5.43. The number of fused-ring (bicyclic) bond motifs is 1. The number of hydrogen-bond donors (Lipinski definition) is 1. The highest BCUT2D eigenvalue weighted by atomic mass is 16.5.